The Morgan fingerprint density at radius 1 is 0.939 bits per heavy atom. The highest BCUT2D eigenvalue weighted by Gasteiger charge is 2.35. The van der Waals surface area contributed by atoms with Gasteiger partial charge in [0.2, 0.25) is 0 Å². The monoisotopic (exact) mass is 440 g/mol. The molecule has 6 heteroatoms. The summed E-state index contributed by atoms with van der Waals surface area (Å²) in [5.41, 5.74) is 3.52. The van der Waals surface area contributed by atoms with Crippen molar-refractivity contribution in [3.05, 3.63) is 98.8 Å². The molecule has 2 bridgehead atoms. The van der Waals surface area contributed by atoms with Crippen molar-refractivity contribution in [2.75, 3.05) is 13.1 Å². The average molecular weight is 440 g/mol. The fraction of sp³-hybridized carbons (Fsp3) is 0.259. The van der Waals surface area contributed by atoms with Crippen molar-refractivity contribution < 1.29 is 9.52 Å². The molecule has 2 aliphatic rings. The number of phenolic OH excluding ortho intramolecular Hbond substituents is 1. The van der Waals surface area contributed by atoms with Crippen LogP contribution < -0.4 is 11.2 Å². The second-order valence-corrected chi connectivity index (χ2v) is 9.18. The fourth-order valence-corrected chi connectivity index (χ4v) is 5.63. The number of nitrogens with zero attached hydrogens (tertiary/aromatic N) is 2. The number of hydrogen-bond donors (Lipinski definition) is 1. The van der Waals surface area contributed by atoms with Crippen LogP contribution in [0.4, 0.5) is 0 Å². The molecule has 0 saturated carbocycles. The lowest BCUT2D eigenvalue weighted by Gasteiger charge is -2.42. The Morgan fingerprint density at radius 3 is 2.64 bits per heavy atom. The van der Waals surface area contributed by atoms with E-state index in [1.54, 1.807) is 12.1 Å². The van der Waals surface area contributed by atoms with E-state index in [-0.39, 0.29) is 17.2 Å². The summed E-state index contributed by atoms with van der Waals surface area (Å²) in [7, 11) is 0. The third-order valence-corrected chi connectivity index (χ3v) is 7.01. The van der Waals surface area contributed by atoms with Crippen LogP contribution in [0.3, 0.4) is 0 Å². The largest absolute Gasteiger partial charge is 0.507 e. The zero-order chi connectivity index (χ0) is 22.5. The van der Waals surface area contributed by atoms with Crippen molar-refractivity contribution in [2.45, 2.75) is 25.4 Å². The Labute approximate surface area is 190 Å². The molecule has 2 aromatic carbocycles. The first-order valence-electron chi connectivity index (χ1n) is 11.3. The van der Waals surface area contributed by atoms with E-state index in [0.29, 0.717) is 23.6 Å². The first-order valence-corrected chi connectivity index (χ1v) is 11.3. The first-order chi connectivity index (χ1) is 16.1. The van der Waals surface area contributed by atoms with E-state index < -0.39 is 5.63 Å². The SMILES string of the molecule is O=c1cc(-c2ccccc2)c2ccc(O)c(CN3CC4CC(C3)c3cccc(=O)n3C4)c2o1. The predicted molar refractivity (Wildman–Crippen MR) is 126 cm³/mol. The van der Waals surface area contributed by atoms with Gasteiger partial charge >= 0.3 is 5.63 Å². The van der Waals surface area contributed by atoms with Crippen LogP contribution in [0.25, 0.3) is 22.1 Å². The quantitative estimate of drug-likeness (QED) is 0.489. The van der Waals surface area contributed by atoms with Gasteiger partial charge in [0.05, 0.1) is 5.56 Å². The van der Waals surface area contributed by atoms with E-state index in [9.17, 15) is 14.7 Å². The van der Waals surface area contributed by atoms with E-state index in [2.05, 4.69) is 4.90 Å². The lowest BCUT2D eigenvalue weighted by molar-refractivity contribution is 0.113. The molecule has 0 spiro atoms. The molecule has 2 aliphatic heterocycles. The summed E-state index contributed by atoms with van der Waals surface area (Å²) in [5.74, 6) is 0.777. The van der Waals surface area contributed by atoms with Gasteiger partial charge < -0.3 is 14.1 Å². The van der Waals surface area contributed by atoms with Crippen LogP contribution in [-0.4, -0.2) is 27.7 Å². The van der Waals surface area contributed by atoms with Crippen molar-refractivity contribution in [3.63, 3.8) is 0 Å². The number of fused-ring (bicyclic) bond motifs is 5. The Hall–Kier alpha value is -3.64. The molecule has 4 heterocycles. The molecule has 6 rings (SSSR count). The maximum atomic E-state index is 12.5. The van der Waals surface area contributed by atoms with Crippen molar-refractivity contribution >= 4 is 11.0 Å². The first kappa shape index (κ1) is 20.0. The van der Waals surface area contributed by atoms with Crippen LogP contribution in [0.2, 0.25) is 0 Å². The third kappa shape index (κ3) is 3.47. The standard InChI is InChI=1S/C27H24N2O4/c30-24-10-9-20-21(18-5-2-1-3-6-18)12-26(32)33-27(20)22(24)16-28-13-17-11-19(15-28)23-7-4-8-25(31)29(23)14-17/h1-10,12,17,19,30H,11,13-16H2. The number of piperidine rings is 1. The number of aromatic nitrogens is 1. The number of phenols is 1. The van der Waals surface area contributed by atoms with E-state index in [0.717, 1.165) is 48.3 Å². The zero-order valence-corrected chi connectivity index (χ0v) is 18.1. The zero-order valence-electron chi connectivity index (χ0n) is 18.1. The Balaban J connectivity index is 1.39. The van der Waals surface area contributed by atoms with Gasteiger partial charge in [-0.05, 0) is 41.7 Å². The van der Waals surface area contributed by atoms with Gasteiger partial charge in [-0.15, -0.1) is 0 Å². The fourth-order valence-electron chi connectivity index (χ4n) is 5.63. The number of likely N-dealkylation sites (tertiary alicyclic amines) is 1. The van der Waals surface area contributed by atoms with Crippen molar-refractivity contribution in [1.29, 1.82) is 0 Å². The van der Waals surface area contributed by atoms with E-state index in [1.165, 1.54) is 6.07 Å². The highest BCUT2D eigenvalue weighted by molar-refractivity contribution is 5.95. The third-order valence-electron chi connectivity index (χ3n) is 7.01. The molecule has 1 saturated heterocycles. The number of hydrogen-bond acceptors (Lipinski definition) is 5. The van der Waals surface area contributed by atoms with Crippen LogP contribution >= 0.6 is 0 Å². The van der Waals surface area contributed by atoms with Gasteiger partial charge in [-0.25, -0.2) is 4.79 Å². The summed E-state index contributed by atoms with van der Waals surface area (Å²) >= 11 is 0. The summed E-state index contributed by atoms with van der Waals surface area (Å²) in [6.45, 7) is 2.82. The van der Waals surface area contributed by atoms with Crippen molar-refractivity contribution in [2.24, 2.45) is 5.92 Å². The summed E-state index contributed by atoms with van der Waals surface area (Å²) in [6, 6.07) is 20.3. The minimum Gasteiger partial charge on any atom is -0.507 e. The van der Waals surface area contributed by atoms with Gasteiger partial charge in [-0.2, -0.15) is 0 Å². The van der Waals surface area contributed by atoms with E-state index >= 15 is 0 Å². The maximum Gasteiger partial charge on any atom is 0.336 e. The summed E-state index contributed by atoms with van der Waals surface area (Å²) in [5, 5.41) is 11.6. The van der Waals surface area contributed by atoms with Gasteiger partial charge in [-0.1, -0.05) is 36.4 Å². The van der Waals surface area contributed by atoms with Gasteiger partial charge in [0.15, 0.2) is 0 Å². The molecule has 4 aromatic rings. The predicted octanol–water partition coefficient (Wildman–Crippen LogP) is 3.95. The molecule has 1 fully saturated rings. The Morgan fingerprint density at radius 2 is 1.79 bits per heavy atom. The number of aromatic hydroxyl groups is 1. The van der Waals surface area contributed by atoms with E-state index in [4.69, 9.17) is 4.42 Å². The molecule has 33 heavy (non-hydrogen) atoms. The number of rotatable bonds is 3. The molecule has 1 N–H and O–H groups in total. The van der Waals surface area contributed by atoms with Crippen molar-refractivity contribution in [3.8, 4) is 16.9 Å². The minimum atomic E-state index is -0.433. The van der Waals surface area contributed by atoms with Gasteiger partial charge in [0, 0.05) is 55.3 Å². The van der Waals surface area contributed by atoms with Crippen LogP contribution in [-0.2, 0) is 13.1 Å². The minimum absolute atomic E-state index is 0.0672. The molecule has 0 aliphatic carbocycles. The lowest BCUT2D eigenvalue weighted by atomic mass is 9.83. The normalized spacial score (nSPS) is 20.0. The lowest BCUT2D eigenvalue weighted by Crippen LogP contribution is -2.46. The Kier molecular flexibility index (Phi) is 4.69. The molecular weight excluding hydrogens is 416 g/mol. The molecule has 2 aromatic heterocycles. The molecule has 0 radical (unpaired) electrons. The molecular formula is C27H24N2O4. The van der Waals surface area contributed by atoms with E-state index in [1.807, 2.05) is 53.1 Å². The topological polar surface area (TPSA) is 75.7 Å². The summed E-state index contributed by atoms with van der Waals surface area (Å²) < 4.78 is 7.57. The summed E-state index contributed by atoms with van der Waals surface area (Å²) in [6.07, 6.45) is 1.06. The molecule has 0 amide bonds. The second-order valence-electron chi connectivity index (χ2n) is 9.18. The van der Waals surface area contributed by atoms with Crippen LogP contribution in [0.5, 0.6) is 5.75 Å². The van der Waals surface area contributed by atoms with Crippen molar-refractivity contribution in [1.82, 2.24) is 9.47 Å². The van der Waals surface area contributed by atoms with Gasteiger partial charge in [0.1, 0.15) is 11.3 Å². The van der Waals surface area contributed by atoms with Crippen LogP contribution in [0.1, 0.15) is 23.6 Å². The molecule has 6 nitrogen and oxygen atoms in total. The van der Waals surface area contributed by atoms with Gasteiger partial charge in [-0.3, -0.25) is 9.69 Å². The average Bonchev–Trinajstić information content (AvgIpc) is 2.82. The summed E-state index contributed by atoms with van der Waals surface area (Å²) in [4.78, 5) is 27.1. The van der Waals surface area contributed by atoms with Crippen LogP contribution in [0.15, 0.2) is 80.7 Å². The second kappa shape index (κ2) is 7.74. The molecule has 2 unspecified atom stereocenters. The van der Waals surface area contributed by atoms with Crippen LogP contribution in [0, 0.1) is 5.92 Å². The maximum absolute atomic E-state index is 12.5. The highest BCUT2D eigenvalue weighted by atomic mass is 16.4. The van der Waals surface area contributed by atoms with Gasteiger partial charge in [0.25, 0.3) is 5.56 Å². The molecule has 2 atom stereocenters. The highest BCUT2D eigenvalue weighted by Crippen LogP contribution is 2.38. The Bertz CT molecular complexity index is 1470. The molecule has 166 valence electrons. The number of benzene rings is 2. The number of pyridine rings is 1. The smallest absolute Gasteiger partial charge is 0.336 e.